The molecule has 1 aliphatic heterocycles. The van der Waals surface area contributed by atoms with Crippen molar-refractivity contribution in [2.75, 3.05) is 33.2 Å². The summed E-state index contributed by atoms with van der Waals surface area (Å²) in [5.74, 6) is 1.91. The summed E-state index contributed by atoms with van der Waals surface area (Å²) in [6, 6.07) is 0.649. The molecular formula is C16H33IN4. The Kier molecular flexibility index (Phi) is 9.64. The number of likely N-dealkylation sites (tertiary alicyclic amines) is 1. The molecule has 0 unspecified atom stereocenters. The Labute approximate surface area is 147 Å². The molecule has 21 heavy (non-hydrogen) atoms. The molecule has 1 heterocycles. The van der Waals surface area contributed by atoms with E-state index in [-0.39, 0.29) is 24.0 Å². The molecule has 2 aliphatic rings. The second kappa shape index (κ2) is 10.6. The van der Waals surface area contributed by atoms with Gasteiger partial charge in [-0.1, -0.05) is 12.8 Å². The van der Waals surface area contributed by atoms with Crippen LogP contribution in [0.1, 0.15) is 51.9 Å². The van der Waals surface area contributed by atoms with Crippen LogP contribution in [-0.2, 0) is 0 Å². The molecule has 5 heteroatoms. The van der Waals surface area contributed by atoms with Crippen LogP contribution in [0.2, 0.25) is 0 Å². The molecule has 0 atom stereocenters. The number of guanidine groups is 1. The third-order valence-electron chi connectivity index (χ3n) is 4.69. The summed E-state index contributed by atoms with van der Waals surface area (Å²) >= 11 is 0. The number of nitrogens with zero attached hydrogens (tertiary/aromatic N) is 2. The van der Waals surface area contributed by atoms with E-state index < -0.39 is 0 Å². The molecule has 2 fully saturated rings. The Morgan fingerprint density at radius 1 is 1.14 bits per heavy atom. The fourth-order valence-corrected chi connectivity index (χ4v) is 3.29. The van der Waals surface area contributed by atoms with Crippen molar-refractivity contribution in [3.8, 4) is 0 Å². The summed E-state index contributed by atoms with van der Waals surface area (Å²) in [6.07, 6.45) is 9.28. The Hall–Kier alpha value is -0.0400. The smallest absolute Gasteiger partial charge is 0.191 e. The van der Waals surface area contributed by atoms with Crippen molar-refractivity contribution < 1.29 is 0 Å². The van der Waals surface area contributed by atoms with Gasteiger partial charge >= 0.3 is 0 Å². The van der Waals surface area contributed by atoms with Crippen LogP contribution < -0.4 is 10.6 Å². The number of aliphatic imine (C=N–C) groups is 1. The van der Waals surface area contributed by atoms with Crippen LogP contribution in [0.5, 0.6) is 0 Å². The van der Waals surface area contributed by atoms with E-state index in [0.717, 1.165) is 25.0 Å². The van der Waals surface area contributed by atoms with Gasteiger partial charge in [-0.3, -0.25) is 4.99 Å². The van der Waals surface area contributed by atoms with Gasteiger partial charge in [-0.05, 0) is 65.1 Å². The summed E-state index contributed by atoms with van der Waals surface area (Å²) in [6.45, 7) is 6.58. The van der Waals surface area contributed by atoms with Gasteiger partial charge in [0.15, 0.2) is 5.96 Å². The highest BCUT2D eigenvalue weighted by Gasteiger charge is 2.17. The number of halogens is 1. The van der Waals surface area contributed by atoms with Crippen LogP contribution >= 0.6 is 24.0 Å². The summed E-state index contributed by atoms with van der Waals surface area (Å²) in [5, 5.41) is 6.98. The lowest BCUT2D eigenvalue weighted by Crippen LogP contribution is -2.42. The quantitative estimate of drug-likeness (QED) is 0.418. The molecule has 0 aromatic rings. The molecule has 2 N–H and O–H groups in total. The van der Waals surface area contributed by atoms with Gasteiger partial charge in [-0.25, -0.2) is 0 Å². The molecule has 0 spiro atoms. The molecular weight excluding hydrogens is 375 g/mol. The van der Waals surface area contributed by atoms with E-state index in [1.54, 1.807) is 0 Å². The zero-order chi connectivity index (χ0) is 14.2. The van der Waals surface area contributed by atoms with E-state index in [1.807, 2.05) is 0 Å². The van der Waals surface area contributed by atoms with Crippen LogP contribution in [0.3, 0.4) is 0 Å². The van der Waals surface area contributed by atoms with E-state index in [1.165, 1.54) is 58.0 Å². The van der Waals surface area contributed by atoms with Crippen LogP contribution in [0.4, 0.5) is 0 Å². The molecule has 1 saturated carbocycles. The van der Waals surface area contributed by atoms with Gasteiger partial charge in [0.05, 0.1) is 0 Å². The van der Waals surface area contributed by atoms with E-state index in [9.17, 15) is 0 Å². The van der Waals surface area contributed by atoms with Crippen molar-refractivity contribution in [1.29, 1.82) is 0 Å². The second-order valence-electron chi connectivity index (χ2n) is 6.42. The zero-order valence-electron chi connectivity index (χ0n) is 13.7. The Balaban J connectivity index is 0.00000220. The zero-order valence-corrected chi connectivity index (χ0v) is 16.1. The number of piperidine rings is 1. The molecule has 2 rings (SSSR count). The van der Waals surface area contributed by atoms with Crippen LogP contribution in [0, 0.1) is 5.92 Å². The minimum atomic E-state index is 0. The van der Waals surface area contributed by atoms with Crippen molar-refractivity contribution in [3.05, 3.63) is 0 Å². The highest BCUT2D eigenvalue weighted by Crippen LogP contribution is 2.19. The first kappa shape index (κ1) is 19.0. The number of rotatable bonds is 5. The van der Waals surface area contributed by atoms with Gasteiger partial charge in [0, 0.05) is 19.1 Å². The van der Waals surface area contributed by atoms with Crippen molar-refractivity contribution in [1.82, 2.24) is 15.5 Å². The SMILES string of the molecule is CCNC(=NCCC1CCN(C)CC1)NC1CCCC1.I. The Morgan fingerprint density at radius 3 is 2.43 bits per heavy atom. The molecule has 1 aliphatic carbocycles. The molecule has 0 aromatic carbocycles. The minimum Gasteiger partial charge on any atom is -0.357 e. The van der Waals surface area contributed by atoms with Gasteiger partial charge in [0.25, 0.3) is 0 Å². The summed E-state index contributed by atoms with van der Waals surface area (Å²) in [5.41, 5.74) is 0. The largest absolute Gasteiger partial charge is 0.357 e. The first-order valence-corrected chi connectivity index (χ1v) is 8.51. The third kappa shape index (κ3) is 7.17. The van der Waals surface area contributed by atoms with Crippen molar-refractivity contribution in [2.24, 2.45) is 10.9 Å². The molecule has 124 valence electrons. The highest BCUT2D eigenvalue weighted by molar-refractivity contribution is 14.0. The fourth-order valence-electron chi connectivity index (χ4n) is 3.29. The average Bonchev–Trinajstić information content (AvgIpc) is 2.94. The maximum absolute atomic E-state index is 4.77. The average molecular weight is 408 g/mol. The van der Waals surface area contributed by atoms with Gasteiger partial charge in [0.2, 0.25) is 0 Å². The van der Waals surface area contributed by atoms with E-state index in [2.05, 4.69) is 29.5 Å². The lowest BCUT2D eigenvalue weighted by Gasteiger charge is -2.28. The molecule has 0 aromatic heterocycles. The van der Waals surface area contributed by atoms with E-state index in [0.29, 0.717) is 6.04 Å². The topological polar surface area (TPSA) is 39.7 Å². The second-order valence-corrected chi connectivity index (χ2v) is 6.42. The summed E-state index contributed by atoms with van der Waals surface area (Å²) < 4.78 is 0. The van der Waals surface area contributed by atoms with Crippen molar-refractivity contribution in [2.45, 2.75) is 57.9 Å². The van der Waals surface area contributed by atoms with Gasteiger partial charge in [0.1, 0.15) is 0 Å². The highest BCUT2D eigenvalue weighted by atomic mass is 127. The number of hydrogen-bond donors (Lipinski definition) is 2. The first-order chi connectivity index (χ1) is 9.78. The van der Waals surface area contributed by atoms with Gasteiger partial charge in [-0.15, -0.1) is 24.0 Å². The summed E-state index contributed by atoms with van der Waals surface area (Å²) in [4.78, 5) is 7.21. The molecule has 4 nitrogen and oxygen atoms in total. The lowest BCUT2D eigenvalue weighted by atomic mass is 9.94. The predicted octanol–water partition coefficient (Wildman–Crippen LogP) is 2.83. The summed E-state index contributed by atoms with van der Waals surface area (Å²) in [7, 11) is 2.23. The van der Waals surface area contributed by atoms with Gasteiger partial charge in [-0.2, -0.15) is 0 Å². The van der Waals surface area contributed by atoms with Crippen molar-refractivity contribution >= 4 is 29.9 Å². The van der Waals surface area contributed by atoms with Crippen LogP contribution in [0.25, 0.3) is 0 Å². The molecule has 0 bridgehead atoms. The van der Waals surface area contributed by atoms with Gasteiger partial charge < -0.3 is 15.5 Å². The van der Waals surface area contributed by atoms with E-state index in [4.69, 9.17) is 4.99 Å². The Bertz CT molecular complexity index is 295. The normalized spacial score (nSPS) is 22.1. The first-order valence-electron chi connectivity index (χ1n) is 8.51. The number of nitrogens with one attached hydrogen (secondary N) is 2. The van der Waals surface area contributed by atoms with E-state index >= 15 is 0 Å². The monoisotopic (exact) mass is 408 g/mol. The molecule has 0 radical (unpaired) electrons. The van der Waals surface area contributed by atoms with Crippen LogP contribution in [0.15, 0.2) is 4.99 Å². The lowest BCUT2D eigenvalue weighted by molar-refractivity contribution is 0.214. The third-order valence-corrected chi connectivity index (χ3v) is 4.69. The maximum atomic E-state index is 4.77. The maximum Gasteiger partial charge on any atom is 0.191 e. The fraction of sp³-hybridized carbons (Fsp3) is 0.938. The number of hydrogen-bond acceptors (Lipinski definition) is 2. The Morgan fingerprint density at radius 2 is 1.81 bits per heavy atom. The molecule has 0 amide bonds. The van der Waals surface area contributed by atoms with Crippen LogP contribution in [-0.4, -0.2) is 50.1 Å². The minimum absolute atomic E-state index is 0. The van der Waals surface area contributed by atoms with Crippen molar-refractivity contribution in [3.63, 3.8) is 0 Å². The predicted molar refractivity (Wildman–Crippen MR) is 102 cm³/mol. The molecule has 1 saturated heterocycles. The standard InChI is InChI=1S/C16H32N4.HI/c1-3-17-16(19-15-6-4-5-7-15)18-11-8-14-9-12-20(2)13-10-14;/h14-15H,3-13H2,1-2H3,(H2,17,18,19);1H.